The molecule has 2 amide bonds. The molecule has 0 unspecified atom stereocenters. The lowest BCUT2D eigenvalue weighted by Crippen LogP contribution is -2.42. The summed E-state index contributed by atoms with van der Waals surface area (Å²) in [6.07, 6.45) is 6.34. The first kappa shape index (κ1) is 17.0. The van der Waals surface area contributed by atoms with Gasteiger partial charge in [0.05, 0.1) is 16.4 Å². The van der Waals surface area contributed by atoms with Gasteiger partial charge in [-0.1, -0.05) is 0 Å². The molecule has 2 aromatic heterocycles. The van der Waals surface area contributed by atoms with Crippen molar-refractivity contribution in [2.75, 3.05) is 6.54 Å². The maximum atomic E-state index is 12.0. The van der Waals surface area contributed by atoms with E-state index in [1.54, 1.807) is 0 Å². The van der Waals surface area contributed by atoms with Crippen LogP contribution in [0.4, 0.5) is 4.79 Å². The van der Waals surface area contributed by atoms with E-state index in [1.165, 1.54) is 29.8 Å². The van der Waals surface area contributed by atoms with Crippen molar-refractivity contribution in [1.29, 1.82) is 0 Å². The van der Waals surface area contributed by atoms with E-state index < -0.39 is 0 Å². The predicted molar refractivity (Wildman–Crippen MR) is 95.5 cm³/mol. The fourth-order valence-corrected chi connectivity index (χ4v) is 4.17. The largest absolute Gasteiger partial charge is 0.338 e. The van der Waals surface area contributed by atoms with Gasteiger partial charge in [-0.2, -0.15) is 5.10 Å². The third kappa shape index (κ3) is 4.56. The second-order valence-electron chi connectivity index (χ2n) is 6.48. The Morgan fingerprint density at radius 1 is 1.42 bits per heavy atom. The Hall–Kier alpha value is -1.89. The van der Waals surface area contributed by atoms with Crippen molar-refractivity contribution < 1.29 is 4.79 Å². The summed E-state index contributed by atoms with van der Waals surface area (Å²) in [5.74, 6) is 0. The third-order valence-electron chi connectivity index (χ3n) is 4.17. The van der Waals surface area contributed by atoms with Gasteiger partial charge in [0.25, 0.3) is 0 Å². The summed E-state index contributed by atoms with van der Waals surface area (Å²) in [6.45, 7) is 4.57. The molecule has 130 valence electrons. The van der Waals surface area contributed by atoms with Gasteiger partial charge in [0.15, 0.2) is 0 Å². The van der Waals surface area contributed by atoms with Crippen LogP contribution in [0.25, 0.3) is 0 Å². The molecule has 0 aromatic carbocycles. The number of nitrogens with one attached hydrogen (secondary N) is 3. The minimum atomic E-state index is -0.129. The molecule has 0 fully saturated rings. The van der Waals surface area contributed by atoms with E-state index in [2.05, 4.69) is 20.8 Å². The smallest absolute Gasteiger partial charge is 0.315 e. The van der Waals surface area contributed by atoms with Crippen molar-refractivity contribution in [3.63, 3.8) is 0 Å². The van der Waals surface area contributed by atoms with E-state index in [0.717, 1.165) is 35.7 Å². The van der Waals surface area contributed by atoms with Crippen molar-refractivity contribution in [2.24, 2.45) is 0 Å². The topological polar surface area (TPSA) is 82.7 Å². The van der Waals surface area contributed by atoms with Crippen LogP contribution in [0.5, 0.6) is 0 Å². The Morgan fingerprint density at radius 2 is 2.25 bits per heavy atom. The van der Waals surface area contributed by atoms with Gasteiger partial charge in [-0.3, -0.25) is 5.10 Å². The molecule has 1 atom stereocenters. The lowest BCUT2D eigenvalue weighted by atomic mass is 10.0. The Bertz CT molecular complexity index is 669. The van der Waals surface area contributed by atoms with Gasteiger partial charge < -0.3 is 10.6 Å². The molecule has 0 radical (unpaired) electrons. The van der Waals surface area contributed by atoms with Crippen molar-refractivity contribution in [1.82, 2.24) is 25.8 Å². The van der Waals surface area contributed by atoms with E-state index in [-0.39, 0.29) is 12.1 Å². The Morgan fingerprint density at radius 3 is 3.00 bits per heavy atom. The molecule has 6 nitrogen and oxygen atoms in total. The number of hydrogen-bond acceptors (Lipinski definition) is 4. The fraction of sp³-hybridized carbons (Fsp3) is 0.588. The molecule has 0 spiro atoms. The zero-order chi connectivity index (χ0) is 16.9. The number of aryl methyl sites for hydroxylation is 3. The summed E-state index contributed by atoms with van der Waals surface area (Å²) < 4.78 is 0. The van der Waals surface area contributed by atoms with Gasteiger partial charge in [-0.05, 0) is 45.6 Å². The van der Waals surface area contributed by atoms with Crippen LogP contribution in [0.2, 0.25) is 0 Å². The van der Waals surface area contributed by atoms with Crippen LogP contribution >= 0.6 is 11.3 Å². The highest BCUT2D eigenvalue weighted by Gasteiger charge is 2.15. The first-order chi connectivity index (χ1) is 11.6. The van der Waals surface area contributed by atoms with E-state index in [1.807, 2.05) is 31.3 Å². The van der Waals surface area contributed by atoms with Crippen LogP contribution in [0.15, 0.2) is 6.07 Å². The van der Waals surface area contributed by atoms with E-state index in [9.17, 15) is 4.79 Å². The SMILES string of the molecule is Cc1cc(C[C@H](C)NC(=O)NCCc2nc3c(s2)CCCC3)n[nH]1. The minimum Gasteiger partial charge on any atom is -0.338 e. The van der Waals surface area contributed by atoms with Crippen LogP contribution < -0.4 is 10.6 Å². The lowest BCUT2D eigenvalue weighted by molar-refractivity contribution is 0.238. The number of urea groups is 1. The molecule has 0 aliphatic heterocycles. The van der Waals surface area contributed by atoms with Crippen molar-refractivity contribution in [3.8, 4) is 0 Å². The summed E-state index contributed by atoms with van der Waals surface area (Å²) in [6, 6.07) is 1.91. The number of aromatic nitrogens is 3. The molecule has 2 aromatic rings. The maximum absolute atomic E-state index is 12.0. The number of hydrogen-bond donors (Lipinski definition) is 3. The first-order valence-electron chi connectivity index (χ1n) is 8.63. The average Bonchev–Trinajstić information content (AvgIpc) is 3.12. The van der Waals surface area contributed by atoms with Crippen LogP contribution in [0.3, 0.4) is 0 Å². The minimum absolute atomic E-state index is 0.0416. The number of H-pyrrole nitrogens is 1. The first-order valence-corrected chi connectivity index (χ1v) is 9.44. The summed E-state index contributed by atoms with van der Waals surface area (Å²) in [5.41, 5.74) is 3.29. The van der Waals surface area contributed by atoms with Crippen molar-refractivity contribution in [2.45, 2.75) is 58.4 Å². The quantitative estimate of drug-likeness (QED) is 0.751. The van der Waals surface area contributed by atoms with Gasteiger partial charge in [0.2, 0.25) is 0 Å². The zero-order valence-electron chi connectivity index (χ0n) is 14.3. The Balaban J connectivity index is 1.38. The summed E-state index contributed by atoms with van der Waals surface area (Å²) >= 11 is 1.81. The number of rotatable bonds is 6. The number of aromatic amines is 1. The third-order valence-corrected chi connectivity index (χ3v) is 5.38. The molecular weight excluding hydrogens is 322 g/mol. The van der Waals surface area contributed by atoms with Gasteiger partial charge >= 0.3 is 6.03 Å². The Kier molecular flexibility index (Phi) is 5.50. The summed E-state index contributed by atoms with van der Waals surface area (Å²) in [4.78, 5) is 18.1. The number of fused-ring (bicyclic) bond motifs is 1. The molecule has 7 heteroatoms. The highest BCUT2D eigenvalue weighted by atomic mass is 32.1. The molecule has 0 bridgehead atoms. The zero-order valence-corrected chi connectivity index (χ0v) is 15.1. The molecule has 24 heavy (non-hydrogen) atoms. The van der Waals surface area contributed by atoms with Crippen LogP contribution in [0, 0.1) is 6.92 Å². The van der Waals surface area contributed by atoms with Crippen LogP contribution in [-0.2, 0) is 25.7 Å². The second kappa shape index (κ2) is 7.79. The normalized spacial score (nSPS) is 14.9. The standard InChI is InChI=1S/C17H25N5OS/c1-11(9-13-10-12(2)21-22-13)19-17(23)18-8-7-16-20-14-5-3-4-6-15(14)24-16/h10-11H,3-9H2,1-2H3,(H,21,22)(H2,18,19,23)/t11-/m0/s1. The molecular formula is C17H25N5OS. The maximum Gasteiger partial charge on any atom is 0.315 e. The highest BCUT2D eigenvalue weighted by Crippen LogP contribution is 2.26. The van der Waals surface area contributed by atoms with Crippen LogP contribution in [0.1, 0.15) is 46.7 Å². The van der Waals surface area contributed by atoms with Gasteiger partial charge in [-0.15, -0.1) is 11.3 Å². The lowest BCUT2D eigenvalue weighted by Gasteiger charge is -2.13. The second-order valence-corrected chi connectivity index (χ2v) is 7.65. The number of thiazole rings is 1. The van der Waals surface area contributed by atoms with Gasteiger partial charge in [-0.25, -0.2) is 9.78 Å². The van der Waals surface area contributed by atoms with Crippen molar-refractivity contribution >= 4 is 17.4 Å². The van der Waals surface area contributed by atoms with Gasteiger partial charge in [0, 0.05) is 36.0 Å². The molecule has 1 aliphatic carbocycles. The number of amides is 2. The van der Waals surface area contributed by atoms with Gasteiger partial charge in [0.1, 0.15) is 0 Å². The van der Waals surface area contributed by atoms with Crippen LogP contribution in [-0.4, -0.2) is 33.8 Å². The van der Waals surface area contributed by atoms with E-state index in [0.29, 0.717) is 6.54 Å². The van der Waals surface area contributed by atoms with E-state index in [4.69, 9.17) is 4.98 Å². The molecule has 3 N–H and O–H groups in total. The summed E-state index contributed by atoms with van der Waals surface area (Å²) in [7, 11) is 0. The van der Waals surface area contributed by atoms with Crippen molar-refractivity contribution in [3.05, 3.63) is 33.0 Å². The van der Waals surface area contributed by atoms with E-state index >= 15 is 0 Å². The molecule has 1 aliphatic rings. The monoisotopic (exact) mass is 347 g/mol. The number of carbonyl (C=O) groups excluding carboxylic acids is 1. The molecule has 0 saturated heterocycles. The average molecular weight is 347 g/mol. The molecule has 3 rings (SSSR count). The molecule has 2 heterocycles. The Labute approximate surface area is 146 Å². The highest BCUT2D eigenvalue weighted by molar-refractivity contribution is 7.11. The molecule has 0 saturated carbocycles. The number of carbonyl (C=O) groups is 1. The number of nitrogens with zero attached hydrogens (tertiary/aromatic N) is 2. The predicted octanol–water partition coefficient (Wildman–Crippen LogP) is 2.53. The summed E-state index contributed by atoms with van der Waals surface area (Å²) in [5, 5.41) is 14.1. The fourth-order valence-electron chi connectivity index (χ4n) is 3.01.